The second kappa shape index (κ2) is 6.51. The first-order valence-electron chi connectivity index (χ1n) is 6.21. The van der Waals surface area contributed by atoms with Gasteiger partial charge in [-0.3, -0.25) is 4.79 Å². The molecular weight excluding hydrogens is 328 g/mol. The van der Waals surface area contributed by atoms with Crippen molar-refractivity contribution < 1.29 is 4.74 Å². The summed E-state index contributed by atoms with van der Waals surface area (Å²) in [6, 6.07) is 9.00. The zero-order chi connectivity index (χ0) is 14.7. The lowest BCUT2D eigenvalue weighted by Crippen LogP contribution is -2.08. The summed E-state index contributed by atoms with van der Waals surface area (Å²) < 4.78 is 5.59. The summed E-state index contributed by atoms with van der Waals surface area (Å²) in [7, 11) is 0. The molecule has 0 spiro atoms. The number of nitrogens with one attached hydrogen (secondary N) is 1. The molecule has 2 heterocycles. The van der Waals surface area contributed by atoms with Gasteiger partial charge in [0.1, 0.15) is 10.6 Å². The fourth-order valence-electron chi connectivity index (χ4n) is 1.74. The lowest BCUT2D eigenvalue weighted by Gasteiger charge is -2.05. The number of ether oxygens (including phenoxy) is 1. The molecule has 0 saturated carbocycles. The second-order valence-corrected chi connectivity index (χ2v) is 6.58. The molecule has 0 unspecified atom stereocenters. The topological polar surface area (TPSA) is 55.0 Å². The first-order valence-corrected chi connectivity index (χ1v) is 8.45. The van der Waals surface area contributed by atoms with Gasteiger partial charge in [-0.2, -0.15) is 0 Å². The van der Waals surface area contributed by atoms with E-state index in [0.29, 0.717) is 27.9 Å². The molecule has 7 heteroatoms. The van der Waals surface area contributed by atoms with Crippen LogP contribution in [0.4, 0.5) is 0 Å². The SMILES string of the molecule is O=c1[nH]c(SCCOc2ccc(Cl)cc2)nc2sccc12. The number of thioether (sulfide) groups is 1. The standard InChI is InChI=1S/C14H11ClN2O2S2/c15-9-1-3-10(4-2-9)19-6-8-21-14-16-12(18)11-5-7-20-13(11)17-14/h1-5,7H,6,8H2,(H,16,17,18). The van der Waals surface area contributed by atoms with Crippen molar-refractivity contribution in [2.45, 2.75) is 5.16 Å². The summed E-state index contributed by atoms with van der Waals surface area (Å²) in [5, 5.41) is 3.81. The molecule has 0 amide bonds. The number of benzene rings is 1. The van der Waals surface area contributed by atoms with Gasteiger partial charge in [-0.05, 0) is 35.7 Å². The quantitative estimate of drug-likeness (QED) is 0.436. The van der Waals surface area contributed by atoms with Crippen molar-refractivity contribution in [2.75, 3.05) is 12.4 Å². The largest absolute Gasteiger partial charge is 0.493 e. The summed E-state index contributed by atoms with van der Waals surface area (Å²) in [5.74, 6) is 1.47. The van der Waals surface area contributed by atoms with Crippen LogP contribution in [0.5, 0.6) is 5.75 Å². The van der Waals surface area contributed by atoms with Crippen LogP contribution in [0.1, 0.15) is 0 Å². The number of hydrogen-bond acceptors (Lipinski definition) is 5. The minimum absolute atomic E-state index is 0.0950. The van der Waals surface area contributed by atoms with Gasteiger partial charge in [0.15, 0.2) is 5.16 Å². The van der Waals surface area contributed by atoms with Gasteiger partial charge in [0.25, 0.3) is 5.56 Å². The number of nitrogens with zero attached hydrogens (tertiary/aromatic N) is 1. The Hall–Kier alpha value is -1.50. The van der Waals surface area contributed by atoms with Crippen molar-refractivity contribution in [1.82, 2.24) is 9.97 Å². The van der Waals surface area contributed by atoms with Crippen molar-refractivity contribution in [1.29, 1.82) is 0 Å². The van der Waals surface area contributed by atoms with Crippen LogP contribution in [-0.2, 0) is 0 Å². The van der Waals surface area contributed by atoms with Crippen molar-refractivity contribution in [3.8, 4) is 5.75 Å². The Balaban J connectivity index is 1.57. The molecule has 0 aliphatic heterocycles. The summed E-state index contributed by atoms with van der Waals surface area (Å²) in [6.45, 7) is 0.526. The normalized spacial score (nSPS) is 10.9. The Kier molecular flexibility index (Phi) is 4.48. The number of aromatic nitrogens is 2. The van der Waals surface area contributed by atoms with E-state index in [1.54, 1.807) is 18.2 Å². The van der Waals surface area contributed by atoms with E-state index in [9.17, 15) is 4.79 Å². The molecule has 0 saturated heterocycles. The molecule has 21 heavy (non-hydrogen) atoms. The van der Waals surface area contributed by atoms with E-state index >= 15 is 0 Å². The third-order valence-corrected chi connectivity index (χ3v) is 4.61. The molecule has 0 aliphatic rings. The van der Waals surface area contributed by atoms with Crippen molar-refractivity contribution in [2.24, 2.45) is 0 Å². The highest BCUT2D eigenvalue weighted by Crippen LogP contribution is 2.19. The van der Waals surface area contributed by atoms with Crippen LogP contribution < -0.4 is 10.3 Å². The predicted octanol–water partition coefficient (Wildman–Crippen LogP) is 3.81. The minimum atomic E-state index is -0.0950. The van der Waals surface area contributed by atoms with Crippen LogP contribution >= 0.6 is 34.7 Å². The molecule has 0 atom stereocenters. The van der Waals surface area contributed by atoms with Gasteiger partial charge in [-0.15, -0.1) is 11.3 Å². The van der Waals surface area contributed by atoms with E-state index in [2.05, 4.69) is 9.97 Å². The highest BCUT2D eigenvalue weighted by Gasteiger charge is 2.05. The number of hydrogen-bond donors (Lipinski definition) is 1. The average Bonchev–Trinajstić information content (AvgIpc) is 2.94. The maximum atomic E-state index is 11.8. The number of aromatic amines is 1. The smallest absolute Gasteiger partial charge is 0.260 e. The summed E-state index contributed by atoms with van der Waals surface area (Å²) in [4.78, 5) is 19.7. The molecular formula is C14H11ClN2O2S2. The van der Waals surface area contributed by atoms with Crippen LogP contribution in [0.2, 0.25) is 5.02 Å². The Morgan fingerprint density at radius 1 is 1.29 bits per heavy atom. The molecule has 3 aromatic rings. The van der Waals surface area contributed by atoms with Crippen LogP contribution in [0.25, 0.3) is 10.2 Å². The third-order valence-electron chi connectivity index (χ3n) is 2.72. The fraction of sp³-hybridized carbons (Fsp3) is 0.143. The Morgan fingerprint density at radius 2 is 2.10 bits per heavy atom. The number of H-pyrrole nitrogens is 1. The molecule has 4 nitrogen and oxygen atoms in total. The Bertz CT molecular complexity index is 799. The van der Waals surface area contributed by atoms with Gasteiger partial charge < -0.3 is 9.72 Å². The van der Waals surface area contributed by atoms with Crippen molar-refractivity contribution >= 4 is 44.9 Å². The summed E-state index contributed by atoms with van der Waals surface area (Å²) in [5.41, 5.74) is -0.0950. The molecule has 1 N–H and O–H groups in total. The lowest BCUT2D eigenvalue weighted by atomic mass is 10.3. The van der Waals surface area contributed by atoms with Crippen LogP contribution in [0, 0.1) is 0 Å². The molecule has 0 aliphatic carbocycles. The van der Waals surface area contributed by atoms with Gasteiger partial charge >= 0.3 is 0 Å². The van der Waals surface area contributed by atoms with Gasteiger partial charge in [0.2, 0.25) is 0 Å². The van der Waals surface area contributed by atoms with E-state index in [1.807, 2.05) is 17.5 Å². The van der Waals surface area contributed by atoms with E-state index in [4.69, 9.17) is 16.3 Å². The minimum Gasteiger partial charge on any atom is -0.493 e. The monoisotopic (exact) mass is 338 g/mol. The number of halogens is 1. The maximum absolute atomic E-state index is 11.8. The summed E-state index contributed by atoms with van der Waals surface area (Å²) >= 11 is 8.73. The van der Waals surface area contributed by atoms with Gasteiger partial charge in [0, 0.05) is 10.8 Å². The zero-order valence-electron chi connectivity index (χ0n) is 10.8. The fourth-order valence-corrected chi connectivity index (χ4v) is 3.37. The maximum Gasteiger partial charge on any atom is 0.260 e. The molecule has 1 aromatic carbocycles. The number of fused-ring (bicyclic) bond motifs is 1. The van der Waals surface area contributed by atoms with E-state index in [1.165, 1.54) is 23.1 Å². The van der Waals surface area contributed by atoms with Crippen LogP contribution in [-0.4, -0.2) is 22.3 Å². The number of thiophene rings is 1. The first-order chi connectivity index (χ1) is 10.2. The second-order valence-electron chi connectivity index (χ2n) is 4.16. The molecule has 3 rings (SSSR count). The molecule has 2 aromatic heterocycles. The first kappa shape index (κ1) is 14.4. The highest BCUT2D eigenvalue weighted by molar-refractivity contribution is 7.99. The lowest BCUT2D eigenvalue weighted by molar-refractivity contribution is 0.344. The highest BCUT2D eigenvalue weighted by atomic mass is 35.5. The molecule has 108 valence electrons. The van der Waals surface area contributed by atoms with E-state index in [0.717, 1.165) is 10.6 Å². The number of rotatable bonds is 5. The predicted molar refractivity (Wildman–Crippen MR) is 87.9 cm³/mol. The zero-order valence-corrected chi connectivity index (χ0v) is 13.2. The van der Waals surface area contributed by atoms with Gasteiger partial charge in [-0.1, -0.05) is 23.4 Å². The Labute approximate surface area is 134 Å². The molecule has 0 fully saturated rings. The average molecular weight is 339 g/mol. The van der Waals surface area contributed by atoms with Crippen molar-refractivity contribution in [3.63, 3.8) is 0 Å². The van der Waals surface area contributed by atoms with Gasteiger partial charge in [0.05, 0.1) is 12.0 Å². The molecule has 0 bridgehead atoms. The van der Waals surface area contributed by atoms with E-state index in [-0.39, 0.29) is 5.56 Å². The third kappa shape index (κ3) is 3.58. The van der Waals surface area contributed by atoms with E-state index < -0.39 is 0 Å². The van der Waals surface area contributed by atoms with Crippen LogP contribution in [0.15, 0.2) is 45.7 Å². The Morgan fingerprint density at radius 3 is 2.90 bits per heavy atom. The molecule has 0 radical (unpaired) electrons. The summed E-state index contributed by atoms with van der Waals surface area (Å²) in [6.07, 6.45) is 0. The van der Waals surface area contributed by atoms with Crippen molar-refractivity contribution in [3.05, 3.63) is 51.1 Å². The van der Waals surface area contributed by atoms with Crippen LogP contribution in [0.3, 0.4) is 0 Å². The van der Waals surface area contributed by atoms with Gasteiger partial charge in [-0.25, -0.2) is 4.98 Å².